The Kier molecular flexibility index (Phi) is 5.58. The summed E-state index contributed by atoms with van der Waals surface area (Å²) in [5.41, 5.74) is 2.20. The molecule has 0 atom stereocenters. The molecule has 4 nitrogen and oxygen atoms in total. The molecule has 112 valence electrons. The van der Waals surface area contributed by atoms with Gasteiger partial charge in [0, 0.05) is 0 Å². The summed E-state index contributed by atoms with van der Waals surface area (Å²) in [4.78, 5) is 4.95. The van der Waals surface area contributed by atoms with E-state index < -0.39 is 0 Å². The van der Waals surface area contributed by atoms with Gasteiger partial charge in [-0.15, -0.1) is 0 Å². The highest BCUT2D eigenvalue weighted by atomic mass is 16.6. The zero-order valence-corrected chi connectivity index (χ0v) is 12.5. The fourth-order valence-corrected chi connectivity index (χ4v) is 2.12. The Morgan fingerprint density at radius 2 is 1.90 bits per heavy atom. The number of aliphatic hydroxyl groups excluding tert-OH is 1. The molecule has 0 aliphatic heterocycles. The average Bonchev–Trinajstić information content (AvgIpc) is 2.52. The van der Waals surface area contributed by atoms with Gasteiger partial charge in [-0.2, -0.15) is 0 Å². The number of fused-ring (bicyclic) bond motifs is 1. The smallest absolute Gasteiger partial charge is 0.140 e. The third kappa shape index (κ3) is 4.46. The first kappa shape index (κ1) is 15.3. The monoisotopic (exact) mass is 287 g/mol. The molecule has 0 amide bonds. The van der Waals surface area contributed by atoms with E-state index in [4.69, 9.17) is 14.7 Å². The van der Waals surface area contributed by atoms with E-state index in [9.17, 15) is 0 Å². The van der Waals surface area contributed by atoms with Crippen LogP contribution in [-0.2, 0) is 11.3 Å². The van der Waals surface area contributed by atoms with Crippen molar-refractivity contribution in [2.45, 2.75) is 19.8 Å². The number of rotatable bonds is 7. The molecule has 0 aliphatic carbocycles. The fourth-order valence-electron chi connectivity index (χ4n) is 2.12. The summed E-state index contributed by atoms with van der Waals surface area (Å²) in [7, 11) is 1.68. The summed E-state index contributed by atoms with van der Waals surface area (Å²) in [6.07, 6.45) is 1.76. The summed E-state index contributed by atoms with van der Waals surface area (Å²) >= 11 is 0. The van der Waals surface area contributed by atoms with E-state index in [0.29, 0.717) is 0 Å². The van der Waals surface area contributed by atoms with Crippen LogP contribution in [0.3, 0.4) is 0 Å². The number of nitrogens with zero attached hydrogens (tertiary/aromatic N) is 1. The normalized spacial score (nSPS) is 11.7. The summed E-state index contributed by atoms with van der Waals surface area (Å²) in [6.45, 7) is 2.17. The quantitative estimate of drug-likeness (QED) is 0.483. The van der Waals surface area contributed by atoms with Gasteiger partial charge in [-0.1, -0.05) is 29.4 Å². The lowest BCUT2D eigenvalue weighted by atomic mass is 10.0. The molecule has 0 spiro atoms. The van der Waals surface area contributed by atoms with Crippen LogP contribution in [0.4, 0.5) is 0 Å². The van der Waals surface area contributed by atoms with Crippen LogP contribution in [0, 0.1) is 0 Å². The molecule has 0 aliphatic rings. The van der Waals surface area contributed by atoms with Crippen LogP contribution < -0.4 is 4.74 Å². The topological polar surface area (TPSA) is 51.0 Å². The second-order valence-electron chi connectivity index (χ2n) is 4.93. The van der Waals surface area contributed by atoms with Gasteiger partial charge in [0.15, 0.2) is 0 Å². The third-order valence-corrected chi connectivity index (χ3v) is 3.29. The molecule has 1 N–H and O–H groups in total. The van der Waals surface area contributed by atoms with Crippen molar-refractivity contribution in [3.63, 3.8) is 0 Å². The molecule has 0 unspecified atom stereocenters. The van der Waals surface area contributed by atoms with Crippen molar-refractivity contribution >= 4 is 16.5 Å². The van der Waals surface area contributed by atoms with E-state index in [2.05, 4.69) is 29.4 Å². The van der Waals surface area contributed by atoms with Gasteiger partial charge in [-0.05, 0) is 48.2 Å². The second kappa shape index (κ2) is 7.64. The Bertz CT molecular complexity index is 622. The van der Waals surface area contributed by atoms with Crippen LogP contribution in [0.1, 0.15) is 18.9 Å². The molecular formula is C17H21NO3. The molecule has 21 heavy (non-hydrogen) atoms. The van der Waals surface area contributed by atoms with Gasteiger partial charge in [0.25, 0.3) is 0 Å². The Labute approximate surface area is 125 Å². The molecule has 0 heterocycles. The van der Waals surface area contributed by atoms with E-state index in [-0.39, 0.29) is 13.2 Å². The first-order chi connectivity index (χ1) is 10.2. The van der Waals surface area contributed by atoms with Gasteiger partial charge in [0.05, 0.1) is 19.4 Å². The highest BCUT2D eigenvalue weighted by molar-refractivity contribution is 5.85. The van der Waals surface area contributed by atoms with Crippen molar-refractivity contribution in [2.75, 3.05) is 20.3 Å². The molecule has 4 heteroatoms. The number of hydrogen-bond donors (Lipinski definition) is 1. The number of aryl methyl sites for hydroxylation is 1. The zero-order chi connectivity index (χ0) is 15.1. The largest absolute Gasteiger partial charge is 0.497 e. The molecule has 0 bridgehead atoms. The minimum Gasteiger partial charge on any atom is -0.497 e. The molecule has 0 saturated heterocycles. The van der Waals surface area contributed by atoms with Crippen LogP contribution in [0.25, 0.3) is 10.8 Å². The molecule has 2 rings (SSSR count). The number of oxime groups is 1. The first-order valence-corrected chi connectivity index (χ1v) is 7.06. The molecule has 0 fully saturated rings. The van der Waals surface area contributed by atoms with Crippen molar-refractivity contribution in [2.24, 2.45) is 5.16 Å². The third-order valence-electron chi connectivity index (χ3n) is 3.29. The molecular weight excluding hydrogens is 266 g/mol. The molecule has 2 aromatic carbocycles. The zero-order valence-electron chi connectivity index (χ0n) is 12.5. The van der Waals surface area contributed by atoms with Crippen molar-refractivity contribution < 1.29 is 14.7 Å². The highest BCUT2D eigenvalue weighted by Crippen LogP contribution is 2.22. The van der Waals surface area contributed by atoms with E-state index in [1.54, 1.807) is 7.11 Å². The van der Waals surface area contributed by atoms with E-state index in [0.717, 1.165) is 24.3 Å². The summed E-state index contributed by atoms with van der Waals surface area (Å²) in [5, 5.41) is 15.0. The average molecular weight is 287 g/mol. The minimum atomic E-state index is -0.00901. The second-order valence-corrected chi connectivity index (χ2v) is 4.93. The predicted molar refractivity (Wildman–Crippen MR) is 85.0 cm³/mol. The summed E-state index contributed by atoms with van der Waals surface area (Å²) < 4.78 is 5.23. The summed E-state index contributed by atoms with van der Waals surface area (Å²) in [6, 6.07) is 12.5. The Morgan fingerprint density at radius 3 is 2.67 bits per heavy atom. The predicted octanol–water partition coefficient (Wildman–Crippen LogP) is 3.17. The maximum Gasteiger partial charge on any atom is 0.140 e. The van der Waals surface area contributed by atoms with Gasteiger partial charge >= 0.3 is 0 Å². The lowest BCUT2D eigenvalue weighted by Crippen LogP contribution is -1.99. The number of methoxy groups -OCH3 is 1. The Balaban J connectivity index is 2.01. The SMILES string of the molecule is COc1ccc2cc(CC/C(C)=N/OCCO)ccc2c1. The molecule has 0 saturated carbocycles. The van der Waals surface area contributed by atoms with Crippen molar-refractivity contribution in [3.8, 4) is 5.75 Å². The Hall–Kier alpha value is -2.07. The van der Waals surface area contributed by atoms with Crippen molar-refractivity contribution in [3.05, 3.63) is 42.0 Å². The van der Waals surface area contributed by atoms with Crippen molar-refractivity contribution in [1.82, 2.24) is 0 Å². The molecule has 2 aromatic rings. The van der Waals surface area contributed by atoms with Gasteiger partial charge < -0.3 is 14.7 Å². The standard InChI is InChI=1S/C17H21NO3/c1-13(18-21-10-9-19)3-4-14-5-6-16-12-17(20-2)8-7-15(16)11-14/h5-8,11-12,19H,3-4,9-10H2,1-2H3/b18-13+. The van der Waals surface area contributed by atoms with E-state index in [1.807, 2.05) is 19.1 Å². The number of benzene rings is 2. The highest BCUT2D eigenvalue weighted by Gasteiger charge is 2.01. The lowest BCUT2D eigenvalue weighted by Gasteiger charge is -2.06. The van der Waals surface area contributed by atoms with Gasteiger partial charge in [-0.3, -0.25) is 0 Å². The molecule has 0 aromatic heterocycles. The van der Waals surface area contributed by atoms with E-state index in [1.165, 1.54) is 16.3 Å². The van der Waals surface area contributed by atoms with Gasteiger partial charge in [-0.25, -0.2) is 0 Å². The van der Waals surface area contributed by atoms with Crippen LogP contribution >= 0.6 is 0 Å². The lowest BCUT2D eigenvalue weighted by molar-refractivity contribution is 0.0981. The first-order valence-electron chi connectivity index (χ1n) is 7.06. The molecule has 0 radical (unpaired) electrons. The number of aliphatic hydroxyl groups is 1. The maximum absolute atomic E-state index is 8.62. The van der Waals surface area contributed by atoms with E-state index >= 15 is 0 Å². The van der Waals surface area contributed by atoms with Crippen LogP contribution in [0.15, 0.2) is 41.6 Å². The Morgan fingerprint density at radius 1 is 1.14 bits per heavy atom. The van der Waals surface area contributed by atoms with Crippen LogP contribution in [0.2, 0.25) is 0 Å². The number of hydrogen-bond acceptors (Lipinski definition) is 4. The summed E-state index contributed by atoms with van der Waals surface area (Å²) in [5.74, 6) is 0.874. The van der Waals surface area contributed by atoms with Crippen LogP contribution in [-0.4, -0.2) is 31.1 Å². The minimum absolute atomic E-state index is 0.00901. The fraction of sp³-hybridized carbons (Fsp3) is 0.353. The van der Waals surface area contributed by atoms with Gasteiger partial charge in [0.2, 0.25) is 0 Å². The number of ether oxygens (including phenoxy) is 1. The van der Waals surface area contributed by atoms with Crippen LogP contribution in [0.5, 0.6) is 5.75 Å². The van der Waals surface area contributed by atoms with Crippen molar-refractivity contribution in [1.29, 1.82) is 0 Å². The maximum atomic E-state index is 8.62. The van der Waals surface area contributed by atoms with Gasteiger partial charge in [0.1, 0.15) is 12.4 Å².